The number of thiophene rings is 1. The molecule has 6 rings (SSSR count). The van der Waals surface area contributed by atoms with Gasteiger partial charge in [-0.3, -0.25) is 9.59 Å². The molecule has 2 unspecified atom stereocenters. The quantitative estimate of drug-likeness (QED) is 0.203. The van der Waals surface area contributed by atoms with Crippen LogP contribution >= 0.6 is 11.3 Å². The minimum absolute atomic E-state index is 0.0717. The summed E-state index contributed by atoms with van der Waals surface area (Å²) in [5, 5.41) is 7.80. The van der Waals surface area contributed by atoms with E-state index in [1.165, 1.54) is 24.0 Å². The standard InChI is InChI=1S/C37H45N5O5S/c1-25(2)37(3)17-8-11-29(24-37)41(18-16-26-9-6-5-7-10-26)34(44)31-23-30-32(39-42(35(30)48-31)36(45)46-4)38-33(43)27-12-14-28(15-13-27)40-19-21-47-22-20-40/h5-7,9-10,12-15,23,25,29H,8,11,16-22,24H2,1-4H3,(H,38,39,43). The SMILES string of the molecule is COC(=O)n1nc(NC(=O)c2ccc(N3CCOCC3)cc2)c2cc(C(=O)N(CCc3ccccc3)C3CCCC(C)(C(C)C)C3)sc21. The Bertz CT molecular complexity index is 1740. The van der Waals surface area contributed by atoms with Gasteiger partial charge in [-0.25, -0.2) is 4.79 Å². The topological polar surface area (TPSA) is 106 Å². The minimum Gasteiger partial charge on any atom is -0.451 e. The second-order valence-electron chi connectivity index (χ2n) is 13.5. The van der Waals surface area contributed by atoms with E-state index in [0.717, 1.165) is 55.6 Å². The lowest BCUT2D eigenvalue weighted by molar-refractivity contribution is 0.0403. The third-order valence-electron chi connectivity index (χ3n) is 10.2. The van der Waals surface area contributed by atoms with Crippen LogP contribution < -0.4 is 10.2 Å². The number of methoxy groups -OCH3 is 1. The Balaban J connectivity index is 1.28. The molecule has 2 atom stereocenters. The van der Waals surface area contributed by atoms with Gasteiger partial charge in [0, 0.05) is 36.9 Å². The third-order valence-corrected chi connectivity index (χ3v) is 11.3. The maximum Gasteiger partial charge on any atom is 0.435 e. The van der Waals surface area contributed by atoms with E-state index in [1.807, 2.05) is 35.2 Å². The fraction of sp³-hybridized carbons (Fsp3) is 0.459. The molecule has 254 valence electrons. The number of benzene rings is 2. The molecule has 1 saturated carbocycles. The summed E-state index contributed by atoms with van der Waals surface area (Å²) in [5.74, 6) is 0.272. The number of nitrogens with one attached hydrogen (secondary N) is 1. The molecule has 1 N–H and O–H groups in total. The van der Waals surface area contributed by atoms with Crippen LogP contribution in [0.25, 0.3) is 10.2 Å². The van der Waals surface area contributed by atoms with Gasteiger partial charge in [0.1, 0.15) is 4.83 Å². The van der Waals surface area contributed by atoms with Crippen molar-refractivity contribution in [3.63, 3.8) is 0 Å². The molecule has 2 aromatic heterocycles. The molecule has 2 fully saturated rings. The molecule has 3 heterocycles. The van der Waals surface area contributed by atoms with Crippen molar-refractivity contribution < 1.29 is 23.9 Å². The second kappa shape index (κ2) is 14.5. The largest absolute Gasteiger partial charge is 0.451 e. The van der Waals surface area contributed by atoms with Crippen molar-refractivity contribution in [2.24, 2.45) is 11.3 Å². The third kappa shape index (κ3) is 7.12. The molecule has 48 heavy (non-hydrogen) atoms. The highest BCUT2D eigenvalue weighted by atomic mass is 32.1. The second-order valence-corrected chi connectivity index (χ2v) is 14.5. The number of morpholine rings is 1. The summed E-state index contributed by atoms with van der Waals surface area (Å²) >= 11 is 1.20. The van der Waals surface area contributed by atoms with Gasteiger partial charge in [0.2, 0.25) is 0 Å². The Morgan fingerprint density at radius 3 is 2.52 bits per heavy atom. The zero-order valence-corrected chi connectivity index (χ0v) is 29.1. The van der Waals surface area contributed by atoms with E-state index in [2.05, 4.69) is 48.2 Å². The van der Waals surface area contributed by atoms with E-state index < -0.39 is 6.09 Å². The van der Waals surface area contributed by atoms with Crippen LogP contribution in [0.15, 0.2) is 60.7 Å². The average Bonchev–Trinajstić information content (AvgIpc) is 3.69. The number of hydrogen-bond donors (Lipinski definition) is 1. The Morgan fingerprint density at radius 2 is 1.83 bits per heavy atom. The lowest BCUT2D eigenvalue weighted by atomic mass is 9.66. The molecular formula is C37H45N5O5S. The predicted molar refractivity (Wildman–Crippen MR) is 189 cm³/mol. The molecule has 0 bridgehead atoms. The van der Waals surface area contributed by atoms with Gasteiger partial charge in [-0.15, -0.1) is 16.4 Å². The van der Waals surface area contributed by atoms with Gasteiger partial charge in [-0.1, -0.05) is 57.5 Å². The van der Waals surface area contributed by atoms with Gasteiger partial charge < -0.3 is 24.6 Å². The predicted octanol–water partition coefficient (Wildman–Crippen LogP) is 7.09. The molecule has 1 saturated heterocycles. The number of ether oxygens (including phenoxy) is 2. The van der Waals surface area contributed by atoms with Crippen molar-refractivity contribution in [2.45, 2.75) is 58.9 Å². The highest BCUT2D eigenvalue weighted by Gasteiger charge is 2.39. The molecule has 4 aromatic rings. The molecule has 0 spiro atoms. The Hall–Kier alpha value is -4.22. The smallest absolute Gasteiger partial charge is 0.435 e. The molecule has 2 aromatic carbocycles. The number of aromatic nitrogens is 2. The van der Waals surface area contributed by atoms with Crippen molar-refractivity contribution in [1.29, 1.82) is 0 Å². The number of carbonyl (C=O) groups excluding carboxylic acids is 3. The van der Waals surface area contributed by atoms with E-state index in [4.69, 9.17) is 9.47 Å². The number of rotatable bonds is 9. The van der Waals surface area contributed by atoms with Crippen molar-refractivity contribution in [2.75, 3.05) is 50.2 Å². The molecule has 2 aliphatic rings. The highest BCUT2D eigenvalue weighted by molar-refractivity contribution is 7.20. The molecule has 11 heteroatoms. The number of hydrogen-bond acceptors (Lipinski definition) is 8. The van der Waals surface area contributed by atoms with Crippen LogP contribution in [0.2, 0.25) is 0 Å². The molecule has 2 amide bonds. The van der Waals surface area contributed by atoms with E-state index in [9.17, 15) is 14.4 Å². The summed E-state index contributed by atoms with van der Waals surface area (Å²) in [6.07, 6.45) is 4.17. The van der Waals surface area contributed by atoms with E-state index in [0.29, 0.717) is 46.3 Å². The first kappa shape index (κ1) is 33.7. The first-order valence-electron chi connectivity index (χ1n) is 16.9. The van der Waals surface area contributed by atoms with Crippen LogP contribution in [0, 0.1) is 11.3 Å². The fourth-order valence-electron chi connectivity index (χ4n) is 6.90. The number of fused-ring (bicyclic) bond motifs is 1. The van der Waals surface area contributed by atoms with Gasteiger partial charge in [0.05, 0.1) is 30.6 Å². The minimum atomic E-state index is -0.697. The van der Waals surface area contributed by atoms with Gasteiger partial charge in [0.15, 0.2) is 5.82 Å². The number of nitrogens with zero attached hydrogens (tertiary/aromatic N) is 4. The van der Waals surface area contributed by atoms with Crippen molar-refractivity contribution in [3.8, 4) is 0 Å². The number of carbonyl (C=O) groups is 3. The first-order valence-corrected chi connectivity index (χ1v) is 17.7. The summed E-state index contributed by atoms with van der Waals surface area (Å²) in [5.41, 5.74) is 2.81. The summed E-state index contributed by atoms with van der Waals surface area (Å²) in [6.45, 7) is 10.4. The normalized spacial score (nSPS) is 19.8. The monoisotopic (exact) mass is 671 g/mol. The highest BCUT2D eigenvalue weighted by Crippen LogP contribution is 2.44. The average molecular weight is 672 g/mol. The van der Waals surface area contributed by atoms with Crippen LogP contribution in [-0.4, -0.2) is 78.6 Å². The first-order chi connectivity index (χ1) is 23.2. The molecular weight excluding hydrogens is 627 g/mol. The molecule has 10 nitrogen and oxygen atoms in total. The molecule has 1 aliphatic heterocycles. The lowest BCUT2D eigenvalue weighted by Crippen LogP contribution is -2.47. The Morgan fingerprint density at radius 1 is 1.10 bits per heavy atom. The summed E-state index contributed by atoms with van der Waals surface area (Å²) in [7, 11) is 1.28. The Kier molecular flexibility index (Phi) is 10.2. The van der Waals surface area contributed by atoms with Crippen LogP contribution in [0.1, 0.15) is 72.0 Å². The Labute approximate surface area is 286 Å². The van der Waals surface area contributed by atoms with Crippen LogP contribution in [0.3, 0.4) is 0 Å². The van der Waals surface area contributed by atoms with Gasteiger partial charge in [0.25, 0.3) is 11.8 Å². The summed E-state index contributed by atoms with van der Waals surface area (Å²) in [4.78, 5) is 45.9. The zero-order chi connectivity index (χ0) is 33.8. The summed E-state index contributed by atoms with van der Waals surface area (Å²) < 4.78 is 11.6. The van der Waals surface area contributed by atoms with E-state index in [1.54, 1.807) is 18.2 Å². The zero-order valence-electron chi connectivity index (χ0n) is 28.2. The van der Waals surface area contributed by atoms with Crippen LogP contribution in [0.5, 0.6) is 0 Å². The van der Waals surface area contributed by atoms with E-state index >= 15 is 0 Å². The fourth-order valence-corrected chi connectivity index (χ4v) is 7.96. The van der Waals surface area contributed by atoms with Crippen LogP contribution in [-0.2, 0) is 15.9 Å². The van der Waals surface area contributed by atoms with Gasteiger partial charge in [-0.05, 0) is 72.9 Å². The van der Waals surface area contributed by atoms with E-state index in [-0.39, 0.29) is 29.1 Å². The van der Waals surface area contributed by atoms with Gasteiger partial charge in [-0.2, -0.15) is 4.68 Å². The maximum absolute atomic E-state index is 14.5. The van der Waals surface area contributed by atoms with Gasteiger partial charge >= 0.3 is 6.09 Å². The van der Waals surface area contributed by atoms with Crippen molar-refractivity contribution >= 4 is 51.0 Å². The lowest BCUT2D eigenvalue weighted by Gasteiger charge is -2.45. The number of amides is 2. The van der Waals surface area contributed by atoms with Crippen molar-refractivity contribution in [1.82, 2.24) is 14.7 Å². The van der Waals surface area contributed by atoms with Crippen molar-refractivity contribution in [3.05, 3.63) is 76.7 Å². The van der Waals surface area contributed by atoms with Crippen LogP contribution in [0.4, 0.5) is 16.3 Å². The summed E-state index contributed by atoms with van der Waals surface area (Å²) in [6, 6.07) is 19.5. The number of anilines is 2. The molecule has 0 radical (unpaired) electrons. The molecule has 1 aliphatic carbocycles. The maximum atomic E-state index is 14.5.